The lowest BCUT2D eigenvalue weighted by Crippen LogP contribution is -2.49. The number of alkyl carbamates (subject to hydrolysis) is 1. The quantitative estimate of drug-likeness (QED) is 0.122. The summed E-state index contributed by atoms with van der Waals surface area (Å²) in [5, 5.41) is 22.9. The number of H-pyrrole nitrogens is 1. The number of hydrogen-bond donors (Lipinski definition) is 4. The molecule has 4 N–H and O–H groups in total. The molecule has 4 aromatic rings. The predicted octanol–water partition coefficient (Wildman–Crippen LogP) is 6.58. The minimum Gasteiger partial charge on any atom is -0.444 e. The lowest BCUT2D eigenvalue weighted by molar-refractivity contribution is -0.130. The summed E-state index contributed by atoms with van der Waals surface area (Å²) >= 11 is 0. The molecule has 1 saturated carbocycles. The van der Waals surface area contributed by atoms with Crippen LogP contribution in [0.4, 0.5) is 15.3 Å². The molecule has 0 bridgehead atoms. The number of nitrogens with zero attached hydrogens (tertiary/aromatic N) is 5. The Kier molecular flexibility index (Phi) is 14.2. The number of nitrogens with one attached hydrogen (secondary N) is 4. The lowest BCUT2D eigenvalue weighted by Gasteiger charge is -2.35. The van der Waals surface area contributed by atoms with Crippen molar-refractivity contribution in [1.82, 2.24) is 41.1 Å². The third-order valence-corrected chi connectivity index (χ3v) is 10.7. The van der Waals surface area contributed by atoms with Crippen LogP contribution in [0.2, 0.25) is 0 Å². The van der Waals surface area contributed by atoms with Gasteiger partial charge in [0.05, 0.1) is 0 Å². The van der Waals surface area contributed by atoms with E-state index in [1.165, 1.54) is 5.56 Å². The number of rotatable bonds is 12. The predicted molar refractivity (Wildman–Crippen MR) is 229 cm³/mol. The molecule has 0 spiro atoms. The average molecular weight is 822 g/mol. The topological polar surface area (TPSA) is 184 Å². The number of aromatic amines is 1. The first-order chi connectivity index (χ1) is 28.6. The van der Waals surface area contributed by atoms with E-state index in [-0.39, 0.29) is 29.7 Å². The van der Waals surface area contributed by atoms with Crippen molar-refractivity contribution in [3.8, 4) is 22.5 Å². The van der Waals surface area contributed by atoms with Gasteiger partial charge in [-0.2, -0.15) is 0 Å². The van der Waals surface area contributed by atoms with Crippen LogP contribution < -0.4 is 16.0 Å². The van der Waals surface area contributed by atoms with E-state index in [0.717, 1.165) is 54.7 Å². The van der Waals surface area contributed by atoms with Crippen LogP contribution in [0, 0.1) is 11.8 Å². The van der Waals surface area contributed by atoms with Crippen molar-refractivity contribution in [3.05, 3.63) is 83.9 Å². The Labute approximate surface area is 352 Å². The third kappa shape index (κ3) is 12.8. The van der Waals surface area contributed by atoms with Crippen LogP contribution in [0.5, 0.6) is 0 Å². The molecule has 2 heterocycles. The highest BCUT2D eigenvalue weighted by molar-refractivity contribution is 5.97. The van der Waals surface area contributed by atoms with Crippen LogP contribution in [-0.4, -0.2) is 104 Å². The largest absolute Gasteiger partial charge is 0.444 e. The molecule has 1 aliphatic carbocycles. The Morgan fingerprint density at radius 1 is 0.800 bits per heavy atom. The Bertz CT molecular complexity index is 2040. The summed E-state index contributed by atoms with van der Waals surface area (Å²) in [6.07, 6.45) is 2.46. The molecule has 1 saturated heterocycles. The van der Waals surface area contributed by atoms with Gasteiger partial charge in [-0.3, -0.25) is 14.5 Å². The highest BCUT2D eigenvalue weighted by Crippen LogP contribution is 2.30. The summed E-state index contributed by atoms with van der Waals surface area (Å²) in [7, 11) is 0. The number of aromatic nitrogens is 4. The Morgan fingerprint density at radius 2 is 1.45 bits per heavy atom. The van der Waals surface area contributed by atoms with Crippen LogP contribution in [0.15, 0.2) is 72.8 Å². The van der Waals surface area contributed by atoms with Gasteiger partial charge < -0.3 is 30.3 Å². The summed E-state index contributed by atoms with van der Waals surface area (Å²) in [6, 6.07) is 22.8. The number of tetrazole rings is 1. The highest BCUT2D eigenvalue weighted by Gasteiger charge is 2.31. The number of benzene rings is 3. The molecule has 2 aliphatic rings. The van der Waals surface area contributed by atoms with Crippen molar-refractivity contribution in [2.24, 2.45) is 11.8 Å². The van der Waals surface area contributed by atoms with Crippen LogP contribution in [0.1, 0.15) is 78.4 Å². The van der Waals surface area contributed by atoms with Crippen molar-refractivity contribution in [2.45, 2.75) is 97.4 Å². The molecule has 15 nitrogen and oxygen atoms in total. The summed E-state index contributed by atoms with van der Waals surface area (Å²) in [5.74, 6) is 0.0344. The molecule has 6 rings (SSSR count). The third-order valence-electron chi connectivity index (χ3n) is 10.7. The molecule has 1 aromatic heterocycles. The van der Waals surface area contributed by atoms with E-state index in [2.05, 4.69) is 65.7 Å². The fourth-order valence-corrected chi connectivity index (χ4v) is 7.54. The van der Waals surface area contributed by atoms with Gasteiger partial charge in [0.25, 0.3) is 0 Å². The fourth-order valence-electron chi connectivity index (χ4n) is 7.54. The summed E-state index contributed by atoms with van der Waals surface area (Å²) in [4.78, 5) is 56.6. The normalized spacial score (nSPS) is 17.9. The zero-order valence-corrected chi connectivity index (χ0v) is 35.6. The Balaban J connectivity index is 1.09. The van der Waals surface area contributed by atoms with Gasteiger partial charge in [-0.05, 0) is 130 Å². The molecule has 1 atom stereocenters. The molecule has 60 heavy (non-hydrogen) atoms. The Morgan fingerprint density at radius 3 is 2.08 bits per heavy atom. The van der Waals surface area contributed by atoms with E-state index in [9.17, 15) is 19.2 Å². The highest BCUT2D eigenvalue weighted by atomic mass is 16.6. The van der Waals surface area contributed by atoms with Crippen LogP contribution in [0.25, 0.3) is 22.5 Å². The number of carbonyl (C=O) groups is 4. The maximum atomic E-state index is 13.9. The number of amides is 4. The second kappa shape index (κ2) is 19.5. The molecule has 2 fully saturated rings. The number of piperazine rings is 1. The van der Waals surface area contributed by atoms with E-state index >= 15 is 0 Å². The van der Waals surface area contributed by atoms with E-state index in [1.54, 1.807) is 17.0 Å². The van der Waals surface area contributed by atoms with Crippen molar-refractivity contribution in [1.29, 1.82) is 0 Å². The minimum absolute atomic E-state index is 0.153. The van der Waals surface area contributed by atoms with Gasteiger partial charge in [0.15, 0.2) is 5.82 Å². The number of anilines is 1. The van der Waals surface area contributed by atoms with E-state index < -0.39 is 23.3 Å². The van der Waals surface area contributed by atoms with Crippen molar-refractivity contribution >= 4 is 29.7 Å². The number of hydrogen-bond acceptors (Lipinski definition) is 10. The average Bonchev–Trinajstić information content (AvgIpc) is 3.75. The van der Waals surface area contributed by atoms with Gasteiger partial charge in [0.1, 0.15) is 17.2 Å². The molecule has 0 unspecified atom stereocenters. The molecule has 15 heteroatoms. The summed E-state index contributed by atoms with van der Waals surface area (Å²) < 4.78 is 10.9. The Hall–Kier alpha value is -5.83. The summed E-state index contributed by atoms with van der Waals surface area (Å²) in [5.41, 5.74) is 4.49. The zero-order valence-electron chi connectivity index (χ0n) is 35.6. The zero-order chi connectivity index (χ0) is 42.9. The molecular weight excluding hydrogens is 763 g/mol. The van der Waals surface area contributed by atoms with E-state index in [4.69, 9.17) is 9.47 Å². The first-order valence-electron chi connectivity index (χ1n) is 20.9. The van der Waals surface area contributed by atoms with Crippen molar-refractivity contribution in [3.63, 3.8) is 0 Å². The molecule has 320 valence electrons. The molecule has 1 aliphatic heterocycles. The number of carbonyl (C=O) groups excluding carboxylic acids is 4. The SMILES string of the molecule is CC(C)(C)OC(=O)NC[C@H]1CC[C@H](C(=O)N[C@@H](Cc2ccc(-c3ccccc3CN3CCN(C(=O)OC(C)(C)C)CC3)cc2)C(=O)Nc2ccc(-c3nnn[nH]3)cc2)CC1. The first-order valence-corrected chi connectivity index (χ1v) is 20.9. The first kappa shape index (κ1) is 43.7. The van der Waals surface area contributed by atoms with Gasteiger partial charge >= 0.3 is 12.2 Å². The van der Waals surface area contributed by atoms with E-state index in [0.29, 0.717) is 50.4 Å². The lowest BCUT2D eigenvalue weighted by atomic mass is 9.81. The second-order valence-electron chi connectivity index (χ2n) is 17.8. The standard InChI is InChI=1S/C45H59N9O6/c1-44(2,3)59-42(57)46-28-31-13-17-34(18-14-31)40(55)48-38(41(56)47-36-21-19-33(20-22-36)39-49-51-52-50-39)27-30-11-15-32(16-12-30)37-10-8-7-9-35(37)29-53-23-25-54(26-24-53)43(58)60-45(4,5)6/h7-12,15-16,19-22,31,34,38H,13-14,17-18,23-29H2,1-6H3,(H,46,57)(H,47,56)(H,48,55)(H,49,50,51,52)/t31-,34-,38-/m0/s1. The van der Waals surface area contributed by atoms with Crippen molar-refractivity contribution in [2.75, 3.05) is 38.0 Å². The molecular formula is C45H59N9O6. The van der Waals surface area contributed by atoms with Crippen LogP contribution >= 0.6 is 0 Å². The van der Waals surface area contributed by atoms with Gasteiger partial charge in [-0.15, -0.1) is 5.10 Å². The minimum atomic E-state index is -0.834. The maximum absolute atomic E-state index is 13.9. The smallest absolute Gasteiger partial charge is 0.410 e. The maximum Gasteiger partial charge on any atom is 0.410 e. The summed E-state index contributed by atoms with van der Waals surface area (Å²) in [6.45, 7) is 15.1. The molecule has 4 amide bonds. The van der Waals surface area contributed by atoms with Gasteiger partial charge in [-0.1, -0.05) is 48.5 Å². The van der Waals surface area contributed by atoms with Gasteiger partial charge in [-0.25, -0.2) is 14.7 Å². The van der Waals surface area contributed by atoms with Crippen molar-refractivity contribution < 1.29 is 28.7 Å². The van der Waals surface area contributed by atoms with Gasteiger partial charge in [0, 0.05) is 62.9 Å². The van der Waals surface area contributed by atoms with Gasteiger partial charge in [0.2, 0.25) is 11.8 Å². The van der Waals surface area contributed by atoms with Crippen LogP contribution in [0.3, 0.4) is 0 Å². The fraction of sp³-hybridized carbons (Fsp3) is 0.489. The number of ether oxygens (including phenoxy) is 2. The van der Waals surface area contributed by atoms with Crippen LogP contribution in [-0.2, 0) is 32.0 Å². The molecule has 0 radical (unpaired) electrons. The van der Waals surface area contributed by atoms with E-state index in [1.807, 2.05) is 77.9 Å². The molecule has 3 aromatic carbocycles. The second-order valence-corrected chi connectivity index (χ2v) is 17.8. The monoisotopic (exact) mass is 821 g/mol.